The summed E-state index contributed by atoms with van der Waals surface area (Å²) in [4.78, 5) is 22.1. The zero-order valence-corrected chi connectivity index (χ0v) is 7.80. The maximum Gasteiger partial charge on any atom is 0.341 e. The first kappa shape index (κ1) is 10.2. The lowest BCUT2D eigenvalue weighted by molar-refractivity contribution is 0.0694. The molecule has 1 heterocycles. The Balaban J connectivity index is 3.14. The average Bonchev–Trinajstić information content (AvgIpc) is 2.16. The third-order valence-electron chi connectivity index (χ3n) is 1.79. The molecule has 4 nitrogen and oxygen atoms in total. The number of rotatable bonds is 3. The molecule has 0 saturated heterocycles. The van der Waals surface area contributed by atoms with Gasteiger partial charge < -0.3 is 9.67 Å². The van der Waals surface area contributed by atoms with Crippen molar-refractivity contribution in [3.63, 3.8) is 0 Å². The largest absolute Gasteiger partial charge is 0.477 e. The van der Waals surface area contributed by atoms with Crippen molar-refractivity contribution in [2.45, 2.75) is 13.5 Å². The van der Waals surface area contributed by atoms with E-state index in [0.29, 0.717) is 6.54 Å². The van der Waals surface area contributed by atoms with Gasteiger partial charge in [0.15, 0.2) is 0 Å². The van der Waals surface area contributed by atoms with Crippen molar-refractivity contribution in [3.8, 4) is 0 Å². The van der Waals surface area contributed by atoms with E-state index in [9.17, 15) is 9.59 Å². The van der Waals surface area contributed by atoms with Crippen molar-refractivity contribution in [1.29, 1.82) is 0 Å². The fraction of sp³-hybridized carbons (Fsp3) is 0.200. The molecule has 0 bridgehead atoms. The minimum absolute atomic E-state index is 0.197. The van der Waals surface area contributed by atoms with Crippen LogP contribution in [0.15, 0.2) is 35.3 Å². The van der Waals surface area contributed by atoms with Crippen LogP contribution in [-0.4, -0.2) is 15.6 Å². The van der Waals surface area contributed by atoms with Gasteiger partial charge in [-0.1, -0.05) is 12.2 Å². The molecule has 0 fully saturated rings. The minimum Gasteiger partial charge on any atom is -0.477 e. The summed E-state index contributed by atoms with van der Waals surface area (Å²) in [5.74, 6) is -1.19. The van der Waals surface area contributed by atoms with Gasteiger partial charge >= 0.3 is 5.97 Å². The Morgan fingerprint density at radius 1 is 1.64 bits per heavy atom. The smallest absolute Gasteiger partial charge is 0.341 e. The van der Waals surface area contributed by atoms with Crippen molar-refractivity contribution in [1.82, 2.24) is 4.57 Å². The molecule has 0 amide bonds. The fourth-order valence-electron chi connectivity index (χ4n) is 1.06. The monoisotopic (exact) mass is 193 g/mol. The van der Waals surface area contributed by atoms with Crippen molar-refractivity contribution in [2.75, 3.05) is 0 Å². The number of aromatic carboxylic acids is 1. The van der Waals surface area contributed by atoms with Gasteiger partial charge in [-0.2, -0.15) is 0 Å². The van der Waals surface area contributed by atoms with Crippen molar-refractivity contribution < 1.29 is 9.90 Å². The highest BCUT2D eigenvalue weighted by atomic mass is 16.4. The normalized spacial score (nSPS) is 10.6. The van der Waals surface area contributed by atoms with Crippen LogP contribution >= 0.6 is 0 Å². The van der Waals surface area contributed by atoms with Gasteiger partial charge in [0, 0.05) is 12.7 Å². The molecular formula is C10H11NO3. The SMILES string of the molecule is C/C=C/Cn1cccc(C(=O)O)c1=O. The molecule has 0 atom stereocenters. The second kappa shape index (κ2) is 4.41. The van der Waals surface area contributed by atoms with Crippen LogP contribution in [0.5, 0.6) is 0 Å². The van der Waals surface area contributed by atoms with E-state index in [4.69, 9.17) is 5.11 Å². The quantitative estimate of drug-likeness (QED) is 0.732. The molecule has 4 heteroatoms. The molecule has 1 aromatic rings. The molecule has 1 aromatic heterocycles. The number of carboxylic acids is 1. The van der Waals surface area contributed by atoms with Crippen LogP contribution in [0, 0.1) is 0 Å². The summed E-state index contributed by atoms with van der Waals surface area (Å²) in [7, 11) is 0. The number of hydrogen-bond donors (Lipinski definition) is 1. The molecule has 0 radical (unpaired) electrons. The number of pyridine rings is 1. The number of aromatic nitrogens is 1. The van der Waals surface area contributed by atoms with Crippen molar-refractivity contribution >= 4 is 5.97 Å². The minimum atomic E-state index is -1.19. The highest BCUT2D eigenvalue weighted by Gasteiger charge is 2.08. The highest BCUT2D eigenvalue weighted by Crippen LogP contribution is 1.92. The second-order valence-electron chi connectivity index (χ2n) is 2.75. The summed E-state index contributed by atoms with van der Waals surface area (Å²) < 4.78 is 1.35. The second-order valence-corrected chi connectivity index (χ2v) is 2.75. The van der Waals surface area contributed by atoms with Gasteiger partial charge in [0.2, 0.25) is 0 Å². The molecule has 1 N–H and O–H groups in total. The average molecular weight is 193 g/mol. The maximum atomic E-state index is 11.5. The lowest BCUT2D eigenvalue weighted by Crippen LogP contribution is -2.25. The molecule has 0 aromatic carbocycles. The predicted octanol–water partition coefficient (Wildman–Crippen LogP) is 1.12. The Labute approximate surface area is 81.1 Å². The van der Waals surface area contributed by atoms with Crippen LogP contribution in [0.3, 0.4) is 0 Å². The van der Waals surface area contributed by atoms with Crippen LogP contribution in [0.1, 0.15) is 17.3 Å². The molecule has 0 aliphatic carbocycles. The van der Waals surface area contributed by atoms with Gasteiger partial charge in [0.05, 0.1) is 0 Å². The van der Waals surface area contributed by atoms with Gasteiger partial charge in [-0.3, -0.25) is 4.79 Å². The molecule has 0 saturated carbocycles. The van der Waals surface area contributed by atoms with E-state index >= 15 is 0 Å². The van der Waals surface area contributed by atoms with Crippen LogP contribution in [0.2, 0.25) is 0 Å². The van der Waals surface area contributed by atoms with E-state index < -0.39 is 11.5 Å². The van der Waals surface area contributed by atoms with Gasteiger partial charge in [-0.15, -0.1) is 0 Å². The molecule has 0 aliphatic rings. The van der Waals surface area contributed by atoms with Gasteiger partial charge in [-0.05, 0) is 19.1 Å². The topological polar surface area (TPSA) is 59.3 Å². The number of hydrogen-bond acceptors (Lipinski definition) is 2. The Hall–Kier alpha value is -1.84. The third-order valence-corrected chi connectivity index (χ3v) is 1.79. The first-order valence-electron chi connectivity index (χ1n) is 4.20. The molecule has 0 unspecified atom stereocenters. The molecule has 0 aliphatic heterocycles. The van der Waals surface area contributed by atoms with Crippen molar-refractivity contribution in [3.05, 3.63) is 46.4 Å². The number of allylic oxidation sites excluding steroid dienone is 2. The summed E-state index contributed by atoms with van der Waals surface area (Å²) in [5, 5.41) is 8.68. The van der Waals surface area contributed by atoms with Gasteiger partial charge in [-0.25, -0.2) is 4.79 Å². The van der Waals surface area contributed by atoms with Crippen LogP contribution in [0.4, 0.5) is 0 Å². The van der Waals surface area contributed by atoms with E-state index in [-0.39, 0.29) is 5.56 Å². The standard InChI is InChI=1S/C10H11NO3/c1-2-3-6-11-7-4-5-8(9(11)12)10(13)14/h2-5,7H,6H2,1H3,(H,13,14)/b3-2+. The van der Waals surface area contributed by atoms with Crippen LogP contribution in [-0.2, 0) is 6.54 Å². The predicted molar refractivity (Wildman–Crippen MR) is 52.5 cm³/mol. The highest BCUT2D eigenvalue weighted by molar-refractivity contribution is 5.86. The number of carboxylic acid groups (broad SMARTS) is 1. The number of carbonyl (C=O) groups is 1. The Morgan fingerprint density at radius 2 is 2.36 bits per heavy atom. The fourth-order valence-corrected chi connectivity index (χ4v) is 1.06. The molecule has 0 spiro atoms. The van der Waals surface area contributed by atoms with E-state index in [1.807, 2.05) is 6.92 Å². The van der Waals surface area contributed by atoms with E-state index in [0.717, 1.165) is 0 Å². The third kappa shape index (κ3) is 2.10. The summed E-state index contributed by atoms with van der Waals surface area (Å²) >= 11 is 0. The van der Waals surface area contributed by atoms with Crippen LogP contribution < -0.4 is 5.56 Å². The first-order chi connectivity index (χ1) is 6.66. The number of nitrogens with zero attached hydrogens (tertiary/aromatic N) is 1. The zero-order chi connectivity index (χ0) is 10.6. The van der Waals surface area contributed by atoms with Gasteiger partial charge in [0.1, 0.15) is 5.56 Å². The summed E-state index contributed by atoms with van der Waals surface area (Å²) in [5.41, 5.74) is -0.671. The van der Waals surface area contributed by atoms with Crippen molar-refractivity contribution in [2.24, 2.45) is 0 Å². The molecule has 74 valence electrons. The maximum absolute atomic E-state index is 11.5. The zero-order valence-electron chi connectivity index (χ0n) is 7.80. The van der Waals surface area contributed by atoms with Gasteiger partial charge in [0.25, 0.3) is 5.56 Å². The summed E-state index contributed by atoms with van der Waals surface area (Å²) in [6.07, 6.45) is 5.15. The lowest BCUT2D eigenvalue weighted by atomic mass is 10.3. The van der Waals surface area contributed by atoms with E-state index in [1.54, 1.807) is 24.4 Å². The van der Waals surface area contributed by atoms with Crippen LogP contribution in [0.25, 0.3) is 0 Å². The first-order valence-corrected chi connectivity index (χ1v) is 4.20. The summed E-state index contributed by atoms with van der Waals surface area (Å²) in [6, 6.07) is 2.85. The molecular weight excluding hydrogens is 182 g/mol. The molecule has 1 rings (SSSR count). The summed E-state index contributed by atoms with van der Waals surface area (Å²) in [6.45, 7) is 2.24. The Morgan fingerprint density at radius 3 is 2.93 bits per heavy atom. The Kier molecular flexibility index (Phi) is 3.23. The van der Waals surface area contributed by atoms with E-state index in [2.05, 4.69) is 0 Å². The lowest BCUT2D eigenvalue weighted by Gasteiger charge is -2.01. The molecule has 14 heavy (non-hydrogen) atoms. The van der Waals surface area contributed by atoms with E-state index in [1.165, 1.54) is 10.6 Å². The Bertz CT molecular complexity index is 418.